The fraction of sp³-hybridized carbons (Fsp3) is 0.500. The average Bonchev–Trinajstić information content (AvgIpc) is 2.56. The van der Waals surface area contributed by atoms with Crippen LogP contribution in [-0.4, -0.2) is 21.1 Å². The molecule has 0 saturated heterocycles. The van der Waals surface area contributed by atoms with Crippen molar-refractivity contribution in [3.8, 4) is 0 Å². The molecule has 17 heavy (non-hydrogen) atoms. The summed E-state index contributed by atoms with van der Waals surface area (Å²) in [5.74, 6) is 0. The molecule has 4 nitrogen and oxygen atoms in total. The predicted molar refractivity (Wildman–Crippen MR) is 58.2 cm³/mol. The summed E-state index contributed by atoms with van der Waals surface area (Å²) in [5.41, 5.74) is 5.73. The SMILES string of the molecule is Cc1csc(CN)c1S(=O)(=O)NCC(F)(F)F. The van der Waals surface area contributed by atoms with Crippen LogP contribution in [0, 0.1) is 6.92 Å². The lowest BCUT2D eigenvalue weighted by Gasteiger charge is -2.10. The van der Waals surface area contributed by atoms with Crippen molar-refractivity contribution in [3.63, 3.8) is 0 Å². The normalized spacial score (nSPS) is 13.0. The first-order valence-electron chi connectivity index (χ1n) is 4.51. The number of hydrogen-bond acceptors (Lipinski definition) is 4. The minimum Gasteiger partial charge on any atom is -0.326 e. The molecule has 0 atom stereocenters. The van der Waals surface area contributed by atoms with Crippen LogP contribution >= 0.6 is 11.3 Å². The number of hydrogen-bond donors (Lipinski definition) is 2. The molecule has 0 amide bonds. The van der Waals surface area contributed by atoms with Gasteiger partial charge in [-0.25, -0.2) is 13.1 Å². The Balaban J connectivity index is 3.01. The molecule has 9 heteroatoms. The maximum atomic E-state index is 12.0. The van der Waals surface area contributed by atoms with Gasteiger partial charge in [0.15, 0.2) is 0 Å². The van der Waals surface area contributed by atoms with E-state index in [4.69, 9.17) is 5.73 Å². The molecule has 1 heterocycles. The van der Waals surface area contributed by atoms with Crippen LogP contribution in [0.15, 0.2) is 10.3 Å². The van der Waals surface area contributed by atoms with Crippen LogP contribution in [0.2, 0.25) is 0 Å². The number of thiophene rings is 1. The zero-order valence-electron chi connectivity index (χ0n) is 8.84. The molecular weight excluding hydrogens is 277 g/mol. The number of rotatable bonds is 4. The van der Waals surface area contributed by atoms with E-state index in [0.29, 0.717) is 10.4 Å². The largest absolute Gasteiger partial charge is 0.402 e. The van der Waals surface area contributed by atoms with Gasteiger partial charge in [-0.05, 0) is 17.9 Å². The Morgan fingerprint density at radius 1 is 1.47 bits per heavy atom. The van der Waals surface area contributed by atoms with Crippen molar-refractivity contribution in [2.45, 2.75) is 24.5 Å². The maximum Gasteiger partial charge on any atom is 0.402 e. The molecule has 0 saturated carbocycles. The molecular formula is C8H11F3N2O2S2. The number of alkyl halides is 3. The summed E-state index contributed by atoms with van der Waals surface area (Å²) in [5, 5.41) is 1.55. The van der Waals surface area contributed by atoms with Crippen molar-refractivity contribution >= 4 is 21.4 Å². The zero-order valence-corrected chi connectivity index (χ0v) is 10.5. The number of nitrogens with one attached hydrogen (secondary N) is 1. The zero-order chi connectivity index (χ0) is 13.3. The molecule has 98 valence electrons. The first kappa shape index (κ1) is 14.4. The second-order valence-electron chi connectivity index (χ2n) is 3.31. The van der Waals surface area contributed by atoms with E-state index in [-0.39, 0.29) is 11.4 Å². The molecule has 1 rings (SSSR count). The lowest BCUT2D eigenvalue weighted by molar-refractivity contribution is -0.121. The summed E-state index contributed by atoms with van der Waals surface area (Å²) in [6, 6.07) is 0. The Labute approximate surface area is 101 Å². The van der Waals surface area contributed by atoms with Gasteiger partial charge in [-0.2, -0.15) is 13.2 Å². The van der Waals surface area contributed by atoms with Gasteiger partial charge in [0.25, 0.3) is 0 Å². The van der Waals surface area contributed by atoms with Gasteiger partial charge >= 0.3 is 6.18 Å². The Kier molecular flexibility index (Phi) is 4.18. The smallest absolute Gasteiger partial charge is 0.326 e. The van der Waals surface area contributed by atoms with Gasteiger partial charge < -0.3 is 5.73 Å². The van der Waals surface area contributed by atoms with Crippen LogP contribution in [0.1, 0.15) is 10.4 Å². The summed E-state index contributed by atoms with van der Waals surface area (Å²) in [4.78, 5) is 0.200. The highest BCUT2D eigenvalue weighted by Crippen LogP contribution is 2.26. The molecule has 0 spiro atoms. The molecule has 0 aromatic carbocycles. The van der Waals surface area contributed by atoms with E-state index in [2.05, 4.69) is 0 Å². The maximum absolute atomic E-state index is 12.0. The van der Waals surface area contributed by atoms with Crippen LogP contribution in [0.3, 0.4) is 0 Å². The van der Waals surface area contributed by atoms with Crippen LogP contribution in [0.4, 0.5) is 13.2 Å². The average molecular weight is 288 g/mol. The van der Waals surface area contributed by atoms with Gasteiger partial charge in [0.2, 0.25) is 10.0 Å². The van der Waals surface area contributed by atoms with Crippen molar-refractivity contribution < 1.29 is 21.6 Å². The van der Waals surface area contributed by atoms with Crippen molar-refractivity contribution in [1.82, 2.24) is 4.72 Å². The predicted octanol–water partition coefficient (Wildman–Crippen LogP) is 1.36. The lowest BCUT2D eigenvalue weighted by atomic mass is 10.3. The van der Waals surface area contributed by atoms with Gasteiger partial charge in [0.1, 0.15) is 11.4 Å². The van der Waals surface area contributed by atoms with Crippen molar-refractivity contribution in [2.75, 3.05) is 6.54 Å². The lowest BCUT2D eigenvalue weighted by Crippen LogP contribution is -2.34. The van der Waals surface area contributed by atoms with Crippen molar-refractivity contribution in [1.29, 1.82) is 0 Å². The van der Waals surface area contributed by atoms with Crippen molar-refractivity contribution in [2.24, 2.45) is 5.73 Å². The highest BCUT2D eigenvalue weighted by Gasteiger charge is 2.31. The van der Waals surface area contributed by atoms with E-state index >= 15 is 0 Å². The number of nitrogens with two attached hydrogens (primary N) is 1. The Morgan fingerprint density at radius 3 is 2.53 bits per heavy atom. The number of aryl methyl sites for hydroxylation is 1. The molecule has 0 bridgehead atoms. The van der Waals surface area contributed by atoms with E-state index in [1.165, 1.54) is 11.6 Å². The molecule has 0 radical (unpaired) electrons. The monoisotopic (exact) mass is 288 g/mol. The van der Waals surface area contributed by atoms with E-state index in [1.807, 2.05) is 0 Å². The summed E-state index contributed by atoms with van der Waals surface area (Å²) in [7, 11) is -4.16. The van der Waals surface area contributed by atoms with Gasteiger partial charge in [0.05, 0.1) is 0 Å². The van der Waals surface area contributed by atoms with Gasteiger partial charge in [-0.1, -0.05) is 0 Å². The van der Waals surface area contributed by atoms with Gasteiger partial charge in [0, 0.05) is 11.4 Å². The summed E-state index contributed by atoms with van der Waals surface area (Å²) in [6.45, 7) is -0.104. The Bertz CT molecular complexity index is 493. The summed E-state index contributed by atoms with van der Waals surface area (Å²) < 4.78 is 60.8. The van der Waals surface area contributed by atoms with Gasteiger partial charge in [-0.15, -0.1) is 11.3 Å². The molecule has 1 aromatic heterocycles. The molecule has 0 unspecified atom stereocenters. The number of sulfonamides is 1. The molecule has 3 N–H and O–H groups in total. The van der Waals surface area contributed by atoms with E-state index in [0.717, 1.165) is 11.3 Å². The molecule has 0 aliphatic rings. The minimum atomic E-state index is -4.58. The second kappa shape index (κ2) is 4.92. The highest BCUT2D eigenvalue weighted by atomic mass is 32.2. The van der Waals surface area contributed by atoms with Gasteiger partial charge in [-0.3, -0.25) is 0 Å². The van der Waals surface area contributed by atoms with Crippen LogP contribution in [0.25, 0.3) is 0 Å². The third-order valence-corrected chi connectivity index (χ3v) is 4.79. The van der Waals surface area contributed by atoms with E-state index in [9.17, 15) is 21.6 Å². The van der Waals surface area contributed by atoms with Crippen LogP contribution < -0.4 is 10.5 Å². The molecule has 0 aliphatic carbocycles. The first-order valence-corrected chi connectivity index (χ1v) is 6.87. The molecule has 0 fully saturated rings. The Hall–Kier alpha value is -0.640. The second-order valence-corrected chi connectivity index (χ2v) is 5.98. The summed E-state index contributed by atoms with van der Waals surface area (Å²) in [6.07, 6.45) is -4.58. The Morgan fingerprint density at radius 2 is 2.06 bits per heavy atom. The topological polar surface area (TPSA) is 72.2 Å². The standard InChI is InChI=1S/C8H11F3N2O2S2/c1-5-3-16-6(2-12)7(5)17(14,15)13-4-8(9,10)11/h3,13H,2,4,12H2,1H3. The quantitative estimate of drug-likeness (QED) is 0.878. The van der Waals surface area contributed by atoms with E-state index in [1.54, 1.807) is 5.38 Å². The number of halogens is 3. The van der Waals surface area contributed by atoms with Crippen LogP contribution in [-0.2, 0) is 16.6 Å². The molecule has 1 aromatic rings. The third-order valence-electron chi connectivity index (χ3n) is 1.91. The highest BCUT2D eigenvalue weighted by molar-refractivity contribution is 7.89. The van der Waals surface area contributed by atoms with Crippen LogP contribution in [0.5, 0.6) is 0 Å². The fourth-order valence-electron chi connectivity index (χ4n) is 1.24. The summed E-state index contributed by atoms with van der Waals surface area (Å²) >= 11 is 1.11. The third kappa shape index (κ3) is 3.66. The molecule has 0 aliphatic heterocycles. The fourth-order valence-corrected chi connectivity index (χ4v) is 3.95. The minimum absolute atomic E-state index is 0.0270. The van der Waals surface area contributed by atoms with E-state index < -0.39 is 22.7 Å². The van der Waals surface area contributed by atoms with Crippen molar-refractivity contribution in [3.05, 3.63) is 15.8 Å². The first-order chi connectivity index (χ1) is 7.67.